The van der Waals surface area contributed by atoms with Crippen LogP contribution in [0.5, 0.6) is 0 Å². The van der Waals surface area contributed by atoms with E-state index in [0.29, 0.717) is 16.3 Å². The minimum Gasteiger partial charge on any atom is -0.239 e. The number of nitriles is 1. The van der Waals surface area contributed by atoms with Crippen molar-refractivity contribution < 1.29 is 12.8 Å². The highest BCUT2D eigenvalue weighted by Crippen LogP contribution is 2.37. The van der Waals surface area contributed by atoms with Crippen LogP contribution in [0.1, 0.15) is 5.01 Å². The van der Waals surface area contributed by atoms with Gasteiger partial charge in [0, 0.05) is 5.56 Å². The van der Waals surface area contributed by atoms with Crippen LogP contribution < -0.4 is 5.14 Å². The van der Waals surface area contributed by atoms with E-state index in [1.54, 1.807) is 24.3 Å². The van der Waals surface area contributed by atoms with Crippen molar-refractivity contribution in [1.29, 1.82) is 5.26 Å². The van der Waals surface area contributed by atoms with Gasteiger partial charge in [-0.2, -0.15) is 5.26 Å². The molecular formula is C17H12FN3O2S2. The maximum atomic E-state index is 13.2. The van der Waals surface area contributed by atoms with Gasteiger partial charge in [-0.25, -0.2) is 22.9 Å². The van der Waals surface area contributed by atoms with Gasteiger partial charge in [0.2, 0.25) is 10.0 Å². The first kappa shape index (κ1) is 17.2. The normalized spacial score (nSPS) is 11.2. The largest absolute Gasteiger partial charge is 0.239 e. The molecular weight excluding hydrogens is 361 g/mol. The molecule has 0 bridgehead atoms. The lowest BCUT2D eigenvalue weighted by atomic mass is 10.1. The minimum absolute atomic E-state index is 0.00654. The Kier molecular flexibility index (Phi) is 4.63. The molecule has 0 amide bonds. The first-order valence-corrected chi connectivity index (χ1v) is 9.50. The topological polar surface area (TPSA) is 96.8 Å². The Morgan fingerprint density at radius 2 is 1.68 bits per heavy atom. The van der Waals surface area contributed by atoms with Crippen LogP contribution in [0.25, 0.3) is 21.7 Å². The quantitative estimate of drug-likeness (QED) is 0.758. The van der Waals surface area contributed by atoms with Crippen molar-refractivity contribution in [3.8, 4) is 27.8 Å². The Hall–Kier alpha value is -2.60. The number of nitrogens with zero attached hydrogens (tertiary/aromatic N) is 2. The number of hydrogen-bond acceptors (Lipinski definition) is 5. The third-order valence-electron chi connectivity index (χ3n) is 3.46. The van der Waals surface area contributed by atoms with Crippen LogP contribution in [0, 0.1) is 17.1 Å². The van der Waals surface area contributed by atoms with Gasteiger partial charge in [-0.05, 0) is 29.8 Å². The molecule has 5 nitrogen and oxygen atoms in total. The van der Waals surface area contributed by atoms with Crippen LogP contribution in [-0.4, -0.2) is 13.4 Å². The van der Waals surface area contributed by atoms with Gasteiger partial charge in [0.05, 0.1) is 28.0 Å². The molecule has 0 aliphatic rings. The van der Waals surface area contributed by atoms with Crippen LogP contribution in [0.4, 0.5) is 4.39 Å². The maximum absolute atomic E-state index is 13.2. The second kappa shape index (κ2) is 6.72. The average Bonchev–Trinajstić information content (AvgIpc) is 2.99. The number of thiazole rings is 1. The summed E-state index contributed by atoms with van der Waals surface area (Å²) >= 11 is 1.35. The molecule has 0 spiro atoms. The van der Waals surface area contributed by atoms with E-state index in [1.807, 2.05) is 0 Å². The smallest absolute Gasteiger partial charge is 0.238 e. The Bertz CT molecular complexity index is 1050. The summed E-state index contributed by atoms with van der Waals surface area (Å²) in [6, 6.07) is 14.1. The molecule has 3 aromatic rings. The summed E-state index contributed by atoms with van der Waals surface area (Å²) in [5, 5.41) is 14.7. The number of nitrogens with two attached hydrogens (primary N) is 1. The fourth-order valence-corrected chi connectivity index (χ4v) is 3.84. The highest BCUT2D eigenvalue weighted by Gasteiger charge is 2.16. The van der Waals surface area contributed by atoms with Crippen molar-refractivity contribution in [2.45, 2.75) is 11.3 Å². The molecule has 0 fully saturated rings. The van der Waals surface area contributed by atoms with E-state index in [0.717, 1.165) is 10.4 Å². The third-order valence-corrected chi connectivity index (χ3v) is 5.50. The van der Waals surface area contributed by atoms with E-state index in [1.165, 1.54) is 35.6 Å². The van der Waals surface area contributed by atoms with Crippen LogP contribution in [-0.2, 0) is 16.4 Å². The van der Waals surface area contributed by atoms with E-state index in [9.17, 15) is 12.8 Å². The maximum Gasteiger partial charge on any atom is 0.238 e. The Balaban J connectivity index is 2.11. The number of sulfonamides is 1. The van der Waals surface area contributed by atoms with E-state index < -0.39 is 10.0 Å². The molecule has 0 saturated heterocycles. The lowest BCUT2D eigenvalue weighted by Crippen LogP contribution is -2.11. The summed E-state index contributed by atoms with van der Waals surface area (Å²) < 4.78 is 35.9. The fourth-order valence-electron chi connectivity index (χ4n) is 2.30. The van der Waals surface area contributed by atoms with Crippen molar-refractivity contribution in [2.75, 3.05) is 0 Å². The first-order chi connectivity index (χ1) is 11.9. The lowest BCUT2D eigenvalue weighted by Gasteiger charge is -2.04. The molecule has 0 saturated carbocycles. The summed E-state index contributed by atoms with van der Waals surface area (Å²) in [6.45, 7) is 0. The molecule has 0 atom stereocenters. The van der Waals surface area contributed by atoms with Gasteiger partial charge in [0.25, 0.3) is 0 Å². The Morgan fingerprint density at radius 3 is 2.24 bits per heavy atom. The number of rotatable bonds is 4. The molecule has 3 rings (SSSR count). The second-order valence-corrected chi connectivity index (χ2v) is 7.84. The van der Waals surface area contributed by atoms with Gasteiger partial charge in [-0.15, -0.1) is 11.3 Å². The van der Waals surface area contributed by atoms with Crippen molar-refractivity contribution >= 4 is 21.4 Å². The van der Waals surface area contributed by atoms with Crippen LogP contribution >= 0.6 is 11.3 Å². The fraction of sp³-hybridized carbons (Fsp3) is 0.0588. The first-order valence-electron chi connectivity index (χ1n) is 7.14. The number of aromatic nitrogens is 1. The molecule has 25 heavy (non-hydrogen) atoms. The minimum atomic E-state index is -3.77. The van der Waals surface area contributed by atoms with Gasteiger partial charge < -0.3 is 0 Å². The van der Waals surface area contributed by atoms with Crippen LogP contribution in [0.3, 0.4) is 0 Å². The second-order valence-electron chi connectivity index (χ2n) is 5.20. The highest BCUT2D eigenvalue weighted by molar-refractivity contribution is 7.89. The molecule has 2 N–H and O–H groups in total. The predicted molar refractivity (Wildman–Crippen MR) is 93.6 cm³/mol. The summed E-state index contributed by atoms with van der Waals surface area (Å²) in [5.41, 5.74) is 2.07. The summed E-state index contributed by atoms with van der Waals surface area (Å²) in [6.07, 6.45) is 0.161. The predicted octanol–water partition coefficient (Wildman–Crippen LogP) is 3.33. The molecule has 126 valence electrons. The molecule has 0 unspecified atom stereocenters. The number of benzene rings is 2. The number of primary sulfonamides is 1. The zero-order valence-electron chi connectivity index (χ0n) is 12.8. The Labute approximate surface area is 148 Å². The Morgan fingerprint density at radius 1 is 1.08 bits per heavy atom. The van der Waals surface area contributed by atoms with Crippen molar-refractivity contribution in [3.05, 3.63) is 59.4 Å². The SMILES string of the molecule is N#CCc1nc(-c2ccc(S(N)(=O)=O)cc2)c(-c2ccc(F)cc2)s1. The van der Waals surface area contributed by atoms with E-state index in [2.05, 4.69) is 11.1 Å². The van der Waals surface area contributed by atoms with Gasteiger partial charge in [-0.1, -0.05) is 24.3 Å². The third kappa shape index (κ3) is 3.74. The van der Waals surface area contributed by atoms with Crippen LogP contribution in [0.2, 0.25) is 0 Å². The van der Waals surface area contributed by atoms with E-state index >= 15 is 0 Å². The van der Waals surface area contributed by atoms with Crippen molar-refractivity contribution in [3.63, 3.8) is 0 Å². The zero-order valence-corrected chi connectivity index (χ0v) is 14.4. The lowest BCUT2D eigenvalue weighted by molar-refractivity contribution is 0.598. The molecule has 2 aromatic carbocycles. The summed E-state index contributed by atoms with van der Waals surface area (Å²) in [4.78, 5) is 5.27. The van der Waals surface area contributed by atoms with Gasteiger partial charge in [-0.3, -0.25) is 0 Å². The highest BCUT2D eigenvalue weighted by atomic mass is 32.2. The monoisotopic (exact) mass is 373 g/mol. The summed E-state index contributed by atoms with van der Waals surface area (Å²) in [7, 11) is -3.77. The molecule has 1 heterocycles. The van der Waals surface area contributed by atoms with Gasteiger partial charge >= 0.3 is 0 Å². The average molecular weight is 373 g/mol. The standard InChI is InChI=1S/C17H12FN3O2S2/c18-13-5-1-12(2-6-13)17-16(21-15(24-17)9-10-19)11-3-7-14(8-4-11)25(20,22)23/h1-8H,9H2,(H2,20,22,23). The van der Waals surface area contributed by atoms with Gasteiger partial charge in [0.1, 0.15) is 10.8 Å². The summed E-state index contributed by atoms with van der Waals surface area (Å²) in [5.74, 6) is -0.343. The van der Waals surface area contributed by atoms with Crippen molar-refractivity contribution in [1.82, 2.24) is 4.98 Å². The molecule has 8 heteroatoms. The van der Waals surface area contributed by atoms with E-state index in [-0.39, 0.29) is 17.1 Å². The zero-order chi connectivity index (χ0) is 18.0. The number of hydrogen-bond donors (Lipinski definition) is 1. The molecule has 0 aliphatic carbocycles. The molecule has 1 aromatic heterocycles. The molecule has 0 radical (unpaired) electrons. The van der Waals surface area contributed by atoms with E-state index in [4.69, 9.17) is 10.4 Å². The van der Waals surface area contributed by atoms with Crippen molar-refractivity contribution in [2.24, 2.45) is 5.14 Å². The van der Waals surface area contributed by atoms with Crippen LogP contribution in [0.15, 0.2) is 53.4 Å². The number of halogens is 1. The van der Waals surface area contributed by atoms with Gasteiger partial charge in [0.15, 0.2) is 0 Å². The molecule has 0 aliphatic heterocycles.